The Labute approximate surface area is 63.7 Å². The lowest BCUT2D eigenvalue weighted by Crippen LogP contribution is -2.01. The van der Waals surface area contributed by atoms with Crippen LogP contribution < -0.4 is 0 Å². The molecule has 3 nitrogen and oxygen atoms in total. The molecule has 0 bridgehead atoms. The van der Waals surface area contributed by atoms with E-state index in [4.69, 9.17) is 9.63 Å². The van der Waals surface area contributed by atoms with Crippen LogP contribution in [0.25, 0.3) is 0 Å². The van der Waals surface area contributed by atoms with Gasteiger partial charge in [0.15, 0.2) is 9.03 Å². The van der Waals surface area contributed by atoms with Gasteiger partial charge in [-0.05, 0) is 6.42 Å². The van der Waals surface area contributed by atoms with Crippen LogP contribution in [0.2, 0.25) is 0 Å². The van der Waals surface area contributed by atoms with Crippen molar-refractivity contribution in [2.45, 2.75) is 19.8 Å². The molecule has 0 aromatic carbocycles. The van der Waals surface area contributed by atoms with Crippen molar-refractivity contribution in [1.82, 2.24) is 0 Å². The van der Waals surface area contributed by atoms with Crippen LogP contribution in [0.5, 0.6) is 0 Å². The van der Waals surface area contributed by atoms with Gasteiger partial charge in [-0.2, -0.15) is 0 Å². The van der Waals surface area contributed by atoms with Crippen molar-refractivity contribution >= 4 is 9.03 Å². The van der Waals surface area contributed by atoms with Crippen molar-refractivity contribution in [3.05, 3.63) is 0 Å². The smallest absolute Gasteiger partial charge is 0.152 e. The van der Waals surface area contributed by atoms with Crippen LogP contribution >= 0.6 is 9.03 Å². The number of rotatable bonds is 7. The molecule has 0 aliphatic heterocycles. The highest BCUT2D eigenvalue weighted by Crippen LogP contribution is 2.01. The highest BCUT2D eigenvalue weighted by atomic mass is 31.1. The van der Waals surface area contributed by atoms with E-state index in [0.29, 0.717) is 13.2 Å². The summed E-state index contributed by atoms with van der Waals surface area (Å²) < 4.78 is 9.82. The molecule has 0 saturated carbocycles. The Morgan fingerprint density at radius 2 is 2.10 bits per heavy atom. The van der Waals surface area contributed by atoms with E-state index in [-0.39, 0.29) is 0 Å². The van der Waals surface area contributed by atoms with Crippen molar-refractivity contribution in [1.29, 1.82) is 0 Å². The third-order valence-corrected chi connectivity index (χ3v) is 1.37. The Balaban J connectivity index is 2.65. The lowest BCUT2D eigenvalue weighted by molar-refractivity contribution is 0.100. The van der Waals surface area contributed by atoms with Crippen LogP contribution in [0.3, 0.4) is 0 Å². The van der Waals surface area contributed by atoms with E-state index in [2.05, 4.69) is 11.4 Å². The predicted octanol–water partition coefficient (Wildman–Crippen LogP) is 1.32. The topological polar surface area (TPSA) is 38.7 Å². The normalized spacial score (nSPS) is 11.4. The fourth-order valence-corrected chi connectivity index (χ4v) is 0.669. The van der Waals surface area contributed by atoms with Gasteiger partial charge < -0.3 is 14.2 Å². The molecule has 0 rings (SSSR count). The van der Waals surface area contributed by atoms with Gasteiger partial charge in [0.2, 0.25) is 0 Å². The molecule has 0 aliphatic rings. The summed E-state index contributed by atoms with van der Waals surface area (Å²) in [6, 6.07) is 0. The molecule has 10 heavy (non-hydrogen) atoms. The summed E-state index contributed by atoms with van der Waals surface area (Å²) in [6.07, 6.45) is 2.25. The molecule has 1 unspecified atom stereocenters. The van der Waals surface area contributed by atoms with Crippen LogP contribution in [0, 0.1) is 0 Å². The van der Waals surface area contributed by atoms with E-state index in [1.165, 1.54) is 0 Å². The monoisotopic (exact) mass is 166 g/mol. The number of hydrogen-bond acceptors (Lipinski definition) is 3. The summed E-state index contributed by atoms with van der Waals surface area (Å²) in [6.45, 7) is 4.01. The zero-order valence-electron chi connectivity index (χ0n) is 6.30. The van der Waals surface area contributed by atoms with E-state index < -0.39 is 9.03 Å². The fourth-order valence-electron chi connectivity index (χ4n) is 0.495. The maximum Gasteiger partial charge on any atom is 0.152 e. The first-order valence-corrected chi connectivity index (χ1v) is 4.36. The van der Waals surface area contributed by atoms with Crippen molar-refractivity contribution in [2.75, 3.05) is 19.8 Å². The van der Waals surface area contributed by atoms with Gasteiger partial charge in [0.25, 0.3) is 0 Å². The van der Waals surface area contributed by atoms with E-state index in [0.717, 1.165) is 19.4 Å². The molecule has 0 heterocycles. The number of unbranched alkanes of at least 4 members (excludes halogenated alkanes) is 1. The van der Waals surface area contributed by atoms with E-state index in [1.807, 2.05) is 0 Å². The first kappa shape index (κ1) is 10.3. The standard InChI is InChI=1S/C6H15O3P/c1-2-3-4-8-5-6-9-10-7/h7,10H,2-6H2,1H3. The Morgan fingerprint density at radius 1 is 1.30 bits per heavy atom. The minimum atomic E-state index is -0.410. The molecule has 0 aromatic heterocycles. The minimum Gasteiger partial charge on any atom is -0.379 e. The van der Waals surface area contributed by atoms with Crippen LogP contribution in [0.4, 0.5) is 0 Å². The molecule has 0 saturated heterocycles. The summed E-state index contributed by atoms with van der Waals surface area (Å²) in [7, 11) is -0.410. The second-order valence-corrected chi connectivity index (χ2v) is 2.38. The van der Waals surface area contributed by atoms with E-state index >= 15 is 0 Å². The van der Waals surface area contributed by atoms with Gasteiger partial charge in [-0.1, -0.05) is 13.3 Å². The minimum absolute atomic E-state index is 0.410. The van der Waals surface area contributed by atoms with Crippen molar-refractivity contribution in [2.24, 2.45) is 0 Å². The molecule has 0 fully saturated rings. The zero-order chi connectivity index (χ0) is 7.66. The first-order chi connectivity index (χ1) is 4.91. The second kappa shape index (κ2) is 9.31. The van der Waals surface area contributed by atoms with Crippen LogP contribution in [-0.4, -0.2) is 24.7 Å². The SMILES string of the molecule is CCCCOCCOPO. The predicted molar refractivity (Wildman–Crippen MR) is 42.2 cm³/mol. The van der Waals surface area contributed by atoms with Crippen molar-refractivity contribution < 1.29 is 14.2 Å². The van der Waals surface area contributed by atoms with Gasteiger partial charge >= 0.3 is 0 Å². The Hall–Kier alpha value is 0.310. The Kier molecular flexibility index (Phi) is 9.60. The summed E-state index contributed by atoms with van der Waals surface area (Å²) in [5, 5.41) is 0. The molecule has 62 valence electrons. The highest BCUT2D eigenvalue weighted by Gasteiger charge is 1.86. The van der Waals surface area contributed by atoms with Crippen LogP contribution in [0.15, 0.2) is 0 Å². The van der Waals surface area contributed by atoms with E-state index in [9.17, 15) is 0 Å². The lowest BCUT2D eigenvalue weighted by Gasteiger charge is -2.01. The molecule has 0 aromatic rings. The molecule has 1 N–H and O–H groups in total. The maximum absolute atomic E-state index is 8.22. The van der Waals surface area contributed by atoms with Gasteiger partial charge in [0.1, 0.15) is 0 Å². The third-order valence-electron chi connectivity index (χ3n) is 1.04. The zero-order valence-corrected chi connectivity index (χ0v) is 7.30. The number of ether oxygens (including phenoxy) is 1. The number of hydrogen-bond donors (Lipinski definition) is 1. The quantitative estimate of drug-likeness (QED) is 0.458. The molecular weight excluding hydrogens is 151 g/mol. The molecule has 0 spiro atoms. The van der Waals surface area contributed by atoms with Crippen LogP contribution in [0.1, 0.15) is 19.8 Å². The summed E-state index contributed by atoms with van der Waals surface area (Å²) in [5.74, 6) is 0. The van der Waals surface area contributed by atoms with E-state index in [1.54, 1.807) is 0 Å². The average molecular weight is 166 g/mol. The summed E-state index contributed by atoms with van der Waals surface area (Å²) in [4.78, 5) is 8.22. The molecular formula is C6H15O3P. The second-order valence-electron chi connectivity index (χ2n) is 1.91. The average Bonchev–Trinajstić information content (AvgIpc) is 1.97. The van der Waals surface area contributed by atoms with Crippen molar-refractivity contribution in [3.8, 4) is 0 Å². The van der Waals surface area contributed by atoms with Crippen molar-refractivity contribution in [3.63, 3.8) is 0 Å². The highest BCUT2D eigenvalue weighted by molar-refractivity contribution is 7.24. The fraction of sp³-hybridized carbons (Fsp3) is 1.00. The van der Waals surface area contributed by atoms with Gasteiger partial charge in [0, 0.05) is 6.61 Å². The Morgan fingerprint density at radius 3 is 2.70 bits per heavy atom. The first-order valence-electron chi connectivity index (χ1n) is 3.50. The molecule has 0 amide bonds. The maximum atomic E-state index is 8.22. The van der Waals surface area contributed by atoms with Gasteiger partial charge in [-0.15, -0.1) is 0 Å². The van der Waals surface area contributed by atoms with Gasteiger partial charge in [-0.3, -0.25) is 0 Å². The summed E-state index contributed by atoms with van der Waals surface area (Å²) in [5.41, 5.74) is 0. The summed E-state index contributed by atoms with van der Waals surface area (Å²) >= 11 is 0. The molecule has 4 heteroatoms. The molecule has 1 atom stereocenters. The van der Waals surface area contributed by atoms with Gasteiger partial charge in [0.05, 0.1) is 13.2 Å². The molecule has 0 radical (unpaired) electrons. The van der Waals surface area contributed by atoms with Crippen LogP contribution in [-0.2, 0) is 9.26 Å². The lowest BCUT2D eigenvalue weighted by atomic mass is 10.4. The molecule has 0 aliphatic carbocycles. The van der Waals surface area contributed by atoms with Gasteiger partial charge in [-0.25, -0.2) is 0 Å². The Bertz CT molecular complexity index is 53.0. The third kappa shape index (κ3) is 8.31. The largest absolute Gasteiger partial charge is 0.379 e.